The molecule has 5 heteroatoms. The number of ether oxygens (including phenoxy) is 1. The van der Waals surface area contributed by atoms with E-state index in [9.17, 15) is 14.3 Å². The molecule has 1 heterocycles. The fourth-order valence-corrected chi connectivity index (χ4v) is 4.12. The molecule has 0 fully saturated rings. The summed E-state index contributed by atoms with van der Waals surface area (Å²) in [5.74, 6) is -1.32. The minimum absolute atomic E-state index is 0.352. The van der Waals surface area contributed by atoms with Gasteiger partial charge in [0.25, 0.3) is 0 Å². The van der Waals surface area contributed by atoms with Crippen LogP contribution in [0.25, 0.3) is 10.9 Å². The molecule has 1 atom stereocenters. The molecule has 0 radical (unpaired) electrons. The van der Waals surface area contributed by atoms with Crippen LogP contribution in [0.5, 0.6) is 5.75 Å². The van der Waals surface area contributed by atoms with E-state index in [2.05, 4.69) is 0 Å². The van der Waals surface area contributed by atoms with Crippen molar-refractivity contribution in [1.82, 2.24) is 4.57 Å². The Hall–Kier alpha value is -2.82. The topological polar surface area (TPSA) is 51.5 Å². The maximum Gasteiger partial charge on any atom is 0.311 e. The number of halogens is 1. The summed E-state index contributed by atoms with van der Waals surface area (Å²) in [5.41, 5.74) is 3.11. The average Bonchev–Trinajstić information content (AvgIpc) is 2.98. The fourth-order valence-electron chi connectivity index (χ4n) is 4.12. The van der Waals surface area contributed by atoms with Gasteiger partial charge in [0.15, 0.2) is 0 Å². The van der Waals surface area contributed by atoms with E-state index in [0.717, 1.165) is 24.1 Å². The highest BCUT2D eigenvalue weighted by Gasteiger charge is 2.34. The van der Waals surface area contributed by atoms with Crippen LogP contribution < -0.4 is 4.74 Å². The van der Waals surface area contributed by atoms with E-state index in [1.807, 2.05) is 34.9 Å². The second kappa shape index (κ2) is 6.48. The van der Waals surface area contributed by atoms with Crippen LogP contribution in [0.15, 0.2) is 42.5 Å². The van der Waals surface area contributed by atoms with Crippen molar-refractivity contribution in [3.05, 3.63) is 65.1 Å². The van der Waals surface area contributed by atoms with Gasteiger partial charge in [-0.1, -0.05) is 30.3 Å². The zero-order chi connectivity index (χ0) is 18.3. The molecule has 0 spiro atoms. The van der Waals surface area contributed by atoms with E-state index < -0.39 is 11.9 Å². The Morgan fingerprint density at radius 3 is 2.73 bits per heavy atom. The number of aromatic nitrogens is 1. The largest absolute Gasteiger partial charge is 0.496 e. The molecule has 0 saturated carbocycles. The normalized spacial score (nSPS) is 16.5. The average molecular weight is 353 g/mol. The highest BCUT2D eigenvalue weighted by molar-refractivity contribution is 5.96. The summed E-state index contributed by atoms with van der Waals surface area (Å²) in [7, 11) is 1.53. The Labute approximate surface area is 150 Å². The van der Waals surface area contributed by atoms with E-state index >= 15 is 0 Å². The lowest BCUT2D eigenvalue weighted by Gasteiger charge is -2.21. The van der Waals surface area contributed by atoms with Gasteiger partial charge in [-0.3, -0.25) is 4.79 Å². The zero-order valence-electron chi connectivity index (χ0n) is 14.5. The van der Waals surface area contributed by atoms with Crippen LogP contribution in [-0.2, 0) is 17.8 Å². The quantitative estimate of drug-likeness (QED) is 0.759. The SMILES string of the molecule is COc1ccc(F)c2c1c1c(n2Cc2ccccc2)CCCC1C(=O)O. The van der Waals surface area contributed by atoms with Crippen molar-refractivity contribution >= 4 is 16.9 Å². The molecule has 3 aromatic rings. The van der Waals surface area contributed by atoms with Gasteiger partial charge in [0.2, 0.25) is 0 Å². The second-order valence-corrected chi connectivity index (χ2v) is 6.69. The van der Waals surface area contributed by atoms with Gasteiger partial charge in [0, 0.05) is 17.6 Å². The lowest BCUT2D eigenvalue weighted by Crippen LogP contribution is -2.19. The first kappa shape index (κ1) is 16.6. The van der Waals surface area contributed by atoms with Crippen LogP contribution in [-0.4, -0.2) is 22.8 Å². The maximum atomic E-state index is 14.9. The summed E-state index contributed by atoms with van der Waals surface area (Å²) in [6.07, 6.45) is 2.08. The van der Waals surface area contributed by atoms with Crippen molar-refractivity contribution in [3.63, 3.8) is 0 Å². The molecular formula is C21H20FNO3. The standard InChI is InChI=1S/C21H20FNO3/c1-26-17-11-10-15(22)20-19(17)18-14(21(24)25)8-5-9-16(18)23(20)12-13-6-3-2-4-7-13/h2-4,6-7,10-11,14H,5,8-9,12H2,1H3,(H,24,25). The molecular weight excluding hydrogens is 333 g/mol. The molecule has 26 heavy (non-hydrogen) atoms. The number of fused-ring (bicyclic) bond motifs is 3. The van der Waals surface area contributed by atoms with Gasteiger partial charge in [-0.15, -0.1) is 0 Å². The Bertz CT molecular complexity index is 978. The molecule has 4 rings (SSSR count). The minimum Gasteiger partial charge on any atom is -0.496 e. The summed E-state index contributed by atoms with van der Waals surface area (Å²) in [6.45, 7) is 0.503. The molecule has 0 aliphatic heterocycles. The predicted molar refractivity (Wildman–Crippen MR) is 97.3 cm³/mol. The number of nitrogens with zero attached hydrogens (tertiary/aromatic N) is 1. The Balaban J connectivity index is 2.04. The van der Waals surface area contributed by atoms with E-state index in [0.29, 0.717) is 35.2 Å². The van der Waals surface area contributed by atoms with Crippen LogP contribution in [0.1, 0.15) is 35.6 Å². The predicted octanol–water partition coefficient (Wildman–Crippen LogP) is 4.34. The van der Waals surface area contributed by atoms with E-state index in [-0.39, 0.29) is 5.82 Å². The van der Waals surface area contributed by atoms with E-state index in [4.69, 9.17) is 4.74 Å². The van der Waals surface area contributed by atoms with Crippen molar-refractivity contribution in [1.29, 1.82) is 0 Å². The van der Waals surface area contributed by atoms with Gasteiger partial charge in [0.05, 0.1) is 18.5 Å². The van der Waals surface area contributed by atoms with Crippen LogP contribution in [0.2, 0.25) is 0 Å². The smallest absolute Gasteiger partial charge is 0.311 e. The fraction of sp³-hybridized carbons (Fsp3) is 0.286. The van der Waals surface area contributed by atoms with E-state index in [1.165, 1.54) is 13.2 Å². The first-order chi connectivity index (χ1) is 12.6. The molecule has 134 valence electrons. The van der Waals surface area contributed by atoms with Crippen LogP contribution in [0, 0.1) is 5.82 Å². The van der Waals surface area contributed by atoms with Gasteiger partial charge in [-0.05, 0) is 42.5 Å². The maximum absolute atomic E-state index is 14.9. The van der Waals surface area contributed by atoms with E-state index in [1.54, 1.807) is 6.07 Å². The number of aliphatic carboxylic acids is 1. The van der Waals surface area contributed by atoms with Gasteiger partial charge in [-0.2, -0.15) is 0 Å². The third-order valence-electron chi connectivity index (χ3n) is 5.22. The molecule has 4 nitrogen and oxygen atoms in total. The number of hydrogen-bond donors (Lipinski definition) is 1. The number of carboxylic acid groups (broad SMARTS) is 1. The van der Waals surface area contributed by atoms with Crippen molar-refractivity contribution in [2.45, 2.75) is 31.7 Å². The molecule has 1 N–H and O–H groups in total. The third-order valence-corrected chi connectivity index (χ3v) is 5.22. The van der Waals surface area contributed by atoms with Gasteiger partial charge in [0.1, 0.15) is 11.6 Å². The molecule has 1 unspecified atom stereocenters. The number of benzene rings is 2. The first-order valence-electron chi connectivity index (χ1n) is 8.76. The van der Waals surface area contributed by atoms with Gasteiger partial charge >= 0.3 is 5.97 Å². The second-order valence-electron chi connectivity index (χ2n) is 6.69. The molecule has 1 aromatic heterocycles. The molecule has 1 aliphatic carbocycles. The Morgan fingerprint density at radius 1 is 1.27 bits per heavy atom. The summed E-state index contributed by atoms with van der Waals surface area (Å²) in [5, 5.41) is 10.3. The Morgan fingerprint density at radius 2 is 2.04 bits per heavy atom. The van der Waals surface area contributed by atoms with Gasteiger partial charge < -0.3 is 14.4 Å². The minimum atomic E-state index is -0.865. The third kappa shape index (κ3) is 2.55. The molecule has 2 aromatic carbocycles. The summed E-state index contributed by atoms with van der Waals surface area (Å²) >= 11 is 0. The summed E-state index contributed by atoms with van der Waals surface area (Å²) < 4.78 is 22.3. The molecule has 0 bridgehead atoms. The zero-order valence-corrected chi connectivity index (χ0v) is 14.5. The van der Waals surface area contributed by atoms with Crippen LogP contribution in [0.4, 0.5) is 4.39 Å². The van der Waals surface area contributed by atoms with Crippen LogP contribution in [0.3, 0.4) is 0 Å². The molecule has 1 aliphatic rings. The Kier molecular flexibility index (Phi) is 4.15. The van der Waals surface area contributed by atoms with Crippen molar-refractivity contribution < 1.29 is 19.0 Å². The summed E-state index contributed by atoms with van der Waals surface area (Å²) in [4.78, 5) is 11.9. The lowest BCUT2D eigenvalue weighted by molar-refractivity contribution is -0.139. The molecule has 0 amide bonds. The summed E-state index contributed by atoms with van der Waals surface area (Å²) in [6, 6.07) is 12.8. The first-order valence-corrected chi connectivity index (χ1v) is 8.76. The van der Waals surface area contributed by atoms with Crippen molar-refractivity contribution in [2.75, 3.05) is 7.11 Å². The number of carboxylic acids is 1. The number of methoxy groups -OCH3 is 1. The number of hydrogen-bond acceptors (Lipinski definition) is 2. The monoisotopic (exact) mass is 353 g/mol. The molecule has 0 saturated heterocycles. The van der Waals surface area contributed by atoms with Gasteiger partial charge in [-0.25, -0.2) is 4.39 Å². The van der Waals surface area contributed by atoms with Crippen LogP contribution >= 0.6 is 0 Å². The van der Waals surface area contributed by atoms with Crippen molar-refractivity contribution in [2.24, 2.45) is 0 Å². The number of rotatable bonds is 4. The number of carbonyl (C=O) groups is 1. The van der Waals surface area contributed by atoms with Crippen molar-refractivity contribution in [3.8, 4) is 5.75 Å². The highest BCUT2D eigenvalue weighted by atomic mass is 19.1. The lowest BCUT2D eigenvalue weighted by atomic mass is 9.85. The highest BCUT2D eigenvalue weighted by Crippen LogP contribution is 2.44.